The maximum absolute atomic E-state index is 12.4. The molecule has 1 amide bonds. The van der Waals surface area contributed by atoms with Crippen molar-refractivity contribution in [1.82, 2.24) is 29.6 Å². The molecule has 0 bridgehead atoms. The fourth-order valence-corrected chi connectivity index (χ4v) is 3.25. The number of carbonyl (C=O) groups excluding carboxylic acids is 1. The molecule has 3 aromatic heterocycles. The molecule has 4 aromatic rings. The van der Waals surface area contributed by atoms with Crippen LogP contribution in [0.2, 0.25) is 0 Å². The molecular weight excluding hydrogens is 370 g/mol. The minimum Gasteiger partial charge on any atom is -0.497 e. The molecule has 29 heavy (non-hydrogen) atoms. The van der Waals surface area contributed by atoms with E-state index in [1.165, 1.54) is 0 Å². The first kappa shape index (κ1) is 18.6. The summed E-state index contributed by atoms with van der Waals surface area (Å²) in [6.45, 7) is 3.92. The number of nitrogens with one attached hydrogen (secondary N) is 1. The molecule has 0 spiro atoms. The van der Waals surface area contributed by atoms with E-state index < -0.39 is 0 Å². The molecule has 0 radical (unpaired) electrons. The fourth-order valence-electron chi connectivity index (χ4n) is 3.25. The Hall–Kier alpha value is -3.75. The number of benzene rings is 1. The Morgan fingerprint density at radius 3 is 2.86 bits per heavy atom. The minimum atomic E-state index is -0.0613. The van der Waals surface area contributed by atoms with Crippen LogP contribution in [-0.4, -0.2) is 42.6 Å². The lowest BCUT2D eigenvalue weighted by molar-refractivity contribution is -0.116. The minimum absolute atomic E-state index is 0.0613. The molecule has 0 aliphatic heterocycles. The number of amides is 1. The van der Waals surface area contributed by atoms with E-state index in [2.05, 4.69) is 25.7 Å². The van der Waals surface area contributed by atoms with Crippen molar-refractivity contribution in [2.24, 2.45) is 0 Å². The summed E-state index contributed by atoms with van der Waals surface area (Å²) < 4.78 is 8.57. The van der Waals surface area contributed by atoms with E-state index in [1.54, 1.807) is 28.7 Å². The van der Waals surface area contributed by atoms with Crippen molar-refractivity contribution in [2.45, 2.75) is 26.7 Å². The monoisotopic (exact) mass is 391 g/mol. The van der Waals surface area contributed by atoms with Gasteiger partial charge in [-0.05, 0) is 50.1 Å². The van der Waals surface area contributed by atoms with Gasteiger partial charge in [0.15, 0.2) is 11.5 Å². The second kappa shape index (κ2) is 7.70. The third-order valence-electron chi connectivity index (χ3n) is 4.76. The van der Waals surface area contributed by atoms with Gasteiger partial charge in [0.2, 0.25) is 5.91 Å². The molecule has 1 aromatic carbocycles. The normalized spacial score (nSPS) is 11.0. The van der Waals surface area contributed by atoms with Crippen molar-refractivity contribution >= 4 is 17.2 Å². The maximum atomic E-state index is 12.4. The van der Waals surface area contributed by atoms with E-state index >= 15 is 0 Å². The highest BCUT2D eigenvalue weighted by atomic mass is 16.5. The number of anilines is 1. The average Bonchev–Trinajstić information content (AvgIpc) is 3.30. The van der Waals surface area contributed by atoms with Crippen LogP contribution in [0.1, 0.15) is 23.4 Å². The SMILES string of the molecule is COc1cccc(NC(=O)CCc2c(C)nn(-c3ccc4nncn4n3)c2C)c1. The van der Waals surface area contributed by atoms with Gasteiger partial charge in [-0.1, -0.05) is 6.07 Å². The van der Waals surface area contributed by atoms with Crippen molar-refractivity contribution in [3.63, 3.8) is 0 Å². The number of methoxy groups -OCH3 is 1. The summed E-state index contributed by atoms with van der Waals surface area (Å²) in [5.41, 5.74) is 4.25. The quantitative estimate of drug-likeness (QED) is 0.542. The maximum Gasteiger partial charge on any atom is 0.224 e. The summed E-state index contributed by atoms with van der Waals surface area (Å²) in [5.74, 6) is 1.31. The van der Waals surface area contributed by atoms with Crippen LogP contribution >= 0.6 is 0 Å². The van der Waals surface area contributed by atoms with Crippen molar-refractivity contribution in [3.8, 4) is 11.6 Å². The van der Waals surface area contributed by atoms with Gasteiger partial charge in [-0.25, -0.2) is 4.68 Å². The molecule has 148 valence electrons. The number of aryl methyl sites for hydroxylation is 1. The van der Waals surface area contributed by atoms with Crippen LogP contribution in [0.3, 0.4) is 0 Å². The molecule has 1 N–H and O–H groups in total. The second-order valence-electron chi connectivity index (χ2n) is 6.67. The lowest BCUT2D eigenvalue weighted by Gasteiger charge is -2.08. The second-order valence-corrected chi connectivity index (χ2v) is 6.67. The molecule has 0 aliphatic rings. The number of hydrogen-bond acceptors (Lipinski definition) is 6. The van der Waals surface area contributed by atoms with Crippen LogP contribution < -0.4 is 10.1 Å². The molecule has 9 nitrogen and oxygen atoms in total. The Balaban J connectivity index is 1.48. The van der Waals surface area contributed by atoms with Crippen LogP contribution in [0.5, 0.6) is 5.75 Å². The van der Waals surface area contributed by atoms with Gasteiger partial charge in [-0.2, -0.15) is 9.61 Å². The molecule has 0 aliphatic carbocycles. The van der Waals surface area contributed by atoms with E-state index in [0.717, 1.165) is 17.0 Å². The van der Waals surface area contributed by atoms with E-state index in [0.29, 0.717) is 35.7 Å². The van der Waals surface area contributed by atoms with Crippen LogP contribution in [0.25, 0.3) is 11.5 Å². The average molecular weight is 391 g/mol. The smallest absolute Gasteiger partial charge is 0.224 e. The Bertz CT molecular complexity index is 1180. The highest BCUT2D eigenvalue weighted by Gasteiger charge is 2.15. The fraction of sp³-hybridized carbons (Fsp3) is 0.250. The molecule has 0 saturated carbocycles. The van der Waals surface area contributed by atoms with E-state index in [4.69, 9.17) is 4.74 Å². The molecule has 0 atom stereocenters. The highest BCUT2D eigenvalue weighted by Crippen LogP contribution is 2.20. The topological polar surface area (TPSA) is 99.2 Å². The predicted octanol–water partition coefficient (Wildman–Crippen LogP) is 2.51. The Labute approximate surface area is 167 Å². The summed E-state index contributed by atoms with van der Waals surface area (Å²) in [6, 6.07) is 11.0. The number of fused-ring (bicyclic) bond motifs is 1. The van der Waals surface area contributed by atoms with Crippen molar-refractivity contribution in [3.05, 3.63) is 59.7 Å². The van der Waals surface area contributed by atoms with E-state index in [9.17, 15) is 4.79 Å². The predicted molar refractivity (Wildman–Crippen MR) is 107 cm³/mol. The lowest BCUT2D eigenvalue weighted by Crippen LogP contribution is -2.13. The van der Waals surface area contributed by atoms with Crippen LogP contribution in [0.4, 0.5) is 5.69 Å². The molecule has 0 unspecified atom stereocenters. The Morgan fingerprint density at radius 2 is 2.03 bits per heavy atom. The van der Waals surface area contributed by atoms with Crippen molar-refractivity contribution in [1.29, 1.82) is 0 Å². The van der Waals surface area contributed by atoms with Gasteiger partial charge < -0.3 is 10.1 Å². The van der Waals surface area contributed by atoms with Gasteiger partial charge in [0.05, 0.1) is 12.8 Å². The highest BCUT2D eigenvalue weighted by molar-refractivity contribution is 5.91. The van der Waals surface area contributed by atoms with Gasteiger partial charge in [0, 0.05) is 23.9 Å². The van der Waals surface area contributed by atoms with Crippen LogP contribution in [0.15, 0.2) is 42.7 Å². The number of hydrogen-bond donors (Lipinski definition) is 1. The largest absolute Gasteiger partial charge is 0.497 e. The molecule has 9 heteroatoms. The Morgan fingerprint density at radius 1 is 1.17 bits per heavy atom. The van der Waals surface area contributed by atoms with E-state index in [1.807, 2.05) is 44.2 Å². The van der Waals surface area contributed by atoms with Crippen LogP contribution in [0, 0.1) is 13.8 Å². The van der Waals surface area contributed by atoms with Crippen LogP contribution in [-0.2, 0) is 11.2 Å². The lowest BCUT2D eigenvalue weighted by atomic mass is 10.1. The summed E-state index contributed by atoms with van der Waals surface area (Å²) in [4.78, 5) is 12.4. The zero-order chi connectivity index (χ0) is 20.4. The first-order chi connectivity index (χ1) is 14.0. The number of rotatable bonds is 6. The third kappa shape index (κ3) is 3.79. The van der Waals surface area contributed by atoms with E-state index in [-0.39, 0.29) is 5.91 Å². The standard InChI is InChI=1S/C20H21N7O2/c1-13-17(7-10-20(28)22-15-5-4-6-16(11-15)29-3)14(2)27(24-13)19-9-8-18-23-21-12-26(18)25-19/h4-6,8-9,11-12H,7,10H2,1-3H3,(H,22,28). The Kier molecular flexibility index (Phi) is 4.94. The zero-order valence-electron chi connectivity index (χ0n) is 16.5. The van der Waals surface area contributed by atoms with Crippen molar-refractivity contribution in [2.75, 3.05) is 12.4 Å². The number of carbonyl (C=O) groups is 1. The third-order valence-corrected chi connectivity index (χ3v) is 4.76. The van der Waals surface area contributed by atoms with Gasteiger partial charge in [0.1, 0.15) is 12.1 Å². The zero-order valence-corrected chi connectivity index (χ0v) is 16.5. The number of nitrogens with zero attached hydrogens (tertiary/aromatic N) is 6. The van der Waals surface area contributed by atoms with Crippen molar-refractivity contribution < 1.29 is 9.53 Å². The number of aromatic nitrogens is 6. The van der Waals surface area contributed by atoms with Gasteiger partial charge in [-0.3, -0.25) is 4.79 Å². The van der Waals surface area contributed by atoms with Gasteiger partial charge in [-0.15, -0.1) is 15.3 Å². The summed E-state index contributed by atoms with van der Waals surface area (Å²) in [6.07, 6.45) is 2.49. The first-order valence-corrected chi connectivity index (χ1v) is 9.21. The first-order valence-electron chi connectivity index (χ1n) is 9.21. The molecule has 3 heterocycles. The molecule has 0 fully saturated rings. The summed E-state index contributed by atoms with van der Waals surface area (Å²) in [5, 5.41) is 19.8. The molecule has 0 saturated heterocycles. The molecular formula is C20H21N7O2. The summed E-state index contributed by atoms with van der Waals surface area (Å²) in [7, 11) is 1.60. The summed E-state index contributed by atoms with van der Waals surface area (Å²) >= 11 is 0. The molecule has 4 rings (SSSR count). The number of ether oxygens (including phenoxy) is 1. The van der Waals surface area contributed by atoms with Gasteiger partial charge >= 0.3 is 0 Å². The van der Waals surface area contributed by atoms with Gasteiger partial charge in [0.25, 0.3) is 0 Å².